The van der Waals surface area contributed by atoms with Gasteiger partial charge >= 0.3 is 0 Å². The van der Waals surface area contributed by atoms with Crippen molar-refractivity contribution in [2.24, 2.45) is 0 Å². The van der Waals surface area contributed by atoms with Gasteiger partial charge < -0.3 is 0 Å². The molecule has 0 fully saturated rings. The van der Waals surface area contributed by atoms with Gasteiger partial charge in [-0.3, -0.25) is 0 Å². The lowest BCUT2D eigenvalue weighted by atomic mass is 10.1. The third kappa shape index (κ3) is 2.41. The molecule has 72 valence electrons. The summed E-state index contributed by atoms with van der Waals surface area (Å²) in [6.45, 7) is 8.32. The predicted molar refractivity (Wildman–Crippen MR) is 55.2 cm³/mol. The van der Waals surface area contributed by atoms with Gasteiger partial charge in [0.25, 0.3) is 0 Å². The lowest BCUT2D eigenvalue weighted by Crippen LogP contribution is -2.03. The zero-order valence-corrected chi connectivity index (χ0v) is 9.26. The molecule has 0 atom stereocenters. The Labute approximate surface area is 84.4 Å². The summed E-state index contributed by atoms with van der Waals surface area (Å²) in [5.41, 5.74) is 0.945. The first kappa shape index (κ1) is 10.5. The van der Waals surface area contributed by atoms with E-state index in [1.54, 1.807) is 6.20 Å². The molecule has 0 saturated carbocycles. The lowest BCUT2D eigenvalue weighted by Gasteiger charge is -2.10. The second-order valence-corrected chi connectivity index (χ2v) is 4.18. The Morgan fingerprint density at radius 1 is 1.15 bits per heavy atom. The summed E-state index contributed by atoms with van der Waals surface area (Å²) in [5.74, 6) is 1.58. The van der Waals surface area contributed by atoms with Crippen LogP contribution in [0.3, 0.4) is 0 Å². The first-order valence-electron chi connectivity index (χ1n) is 4.54. The predicted octanol–water partition coefficient (Wildman–Crippen LogP) is 3.38. The number of rotatable bonds is 2. The first-order chi connectivity index (χ1) is 6.02. The Balaban J connectivity index is 3.11. The molecule has 2 nitrogen and oxygen atoms in total. The Morgan fingerprint density at radius 3 is 2.23 bits per heavy atom. The number of nitrogens with zero attached hydrogens (tertiary/aromatic N) is 2. The normalized spacial score (nSPS) is 11.3. The van der Waals surface area contributed by atoms with E-state index in [-0.39, 0.29) is 0 Å². The van der Waals surface area contributed by atoms with Gasteiger partial charge in [-0.05, 0) is 5.92 Å². The second kappa shape index (κ2) is 4.05. The van der Waals surface area contributed by atoms with Crippen LogP contribution in [0, 0.1) is 0 Å². The van der Waals surface area contributed by atoms with Crippen molar-refractivity contribution >= 4 is 11.6 Å². The van der Waals surface area contributed by atoms with Crippen LogP contribution in [-0.4, -0.2) is 9.97 Å². The van der Waals surface area contributed by atoms with E-state index in [1.165, 1.54) is 0 Å². The van der Waals surface area contributed by atoms with Crippen LogP contribution in [0.25, 0.3) is 0 Å². The van der Waals surface area contributed by atoms with Crippen LogP contribution in [0.4, 0.5) is 0 Å². The van der Waals surface area contributed by atoms with E-state index in [1.807, 2.05) is 0 Å². The highest BCUT2D eigenvalue weighted by atomic mass is 35.5. The van der Waals surface area contributed by atoms with Crippen molar-refractivity contribution < 1.29 is 0 Å². The SMILES string of the molecule is CC(C)c1ncc(Cl)c(C(C)C)n1. The summed E-state index contributed by atoms with van der Waals surface area (Å²) in [4.78, 5) is 8.61. The van der Waals surface area contributed by atoms with Crippen molar-refractivity contribution in [1.82, 2.24) is 9.97 Å². The molecule has 0 aliphatic heterocycles. The summed E-state index contributed by atoms with van der Waals surface area (Å²) in [6.07, 6.45) is 1.69. The molecule has 0 saturated heterocycles. The van der Waals surface area contributed by atoms with E-state index in [4.69, 9.17) is 11.6 Å². The number of halogens is 1. The van der Waals surface area contributed by atoms with Gasteiger partial charge in [0.15, 0.2) is 0 Å². The van der Waals surface area contributed by atoms with Gasteiger partial charge in [0.2, 0.25) is 0 Å². The van der Waals surface area contributed by atoms with Gasteiger partial charge in [-0.2, -0.15) is 0 Å². The fourth-order valence-electron chi connectivity index (χ4n) is 1.08. The molecule has 3 heteroatoms. The molecule has 0 aliphatic rings. The molecule has 1 aromatic rings. The molecular formula is C10H15ClN2. The smallest absolute Gasteiger partial charge is 0.131 e. The van der Waals surface area contributed by atoms with Crippen LogP contribution in [0.1, 0.15) is 51.0 Å². The zero-order chi connectivity index (χ0) is 10.0. The minimum absolute atomic E-state index is 0.355. The maximum atomic E-state index is 5.97. The molecule has 1 aromatic heterocycles. The fourth-order valence-corrected chi connectivity index (χ4v) is 1.39. The van der Waals surface area contributed by atoms with E-state index < -0.39 is 0 Å². The van der Waals surface area contributed by atoms with Crippen molar-refractivity contribution in [3.63, 3.8) is 0 Å². The molecule has 0 aromatic carbocycles. The van der Waals surface area contributed by atoms with Gasteiger partial charge in [-0.15, -0.1) is 0 Å². The van der Waals surface area contributed by atoms with Crippen LogP contribution in [0.5, 0.6) is 0 Å². The standard InChI is InChI=1S/C10H15ClN2/c1-6(2)9-8(11)5-12-10(13-9)7(3)4/h5-7H,1-4H3. The highest BCUT2D eigenvalue weighted by Gasteiger charge is 2.10. The zero-order valence-electron chi connectivity index (χ0n) is 8.50. The molecule has 1 rings (SSSR count). The molecule has 0 unspecified atom stereocenters. The summed E-state index contributed by atoms with van der Waals surface area (Å²) < 4.78 is 0. The quantitative estimate of drug-likeness (QED) is 0.728. The molecule has 0 aliphatic carbocycles. The summed E-state index contributed by atoms with van der Waals surface area (Å²) >= 11 is 5.97. The average molecular weight is 199 g/mol. The minimum atomic E-state index is 0.355. The van der Waals surface area contributed by atoms with E-state index in [2.05, 4.69) is 37.7 Å². The summed E-state index contributed by atoms with van der Waals surface area (Å²) in [7, 11) is 0. The van der Waals surface area contributed by atoms with Crippen LogP contribution in [-0.2, 0) is 0 Å². The van der Waals surface area contributed by atoms with Crippen molar-refractivity contribution in [1.29, 1.82) is 0 Å². The van der Waals surface area contributed by atoms with Crippen LogP contribution in [0.15, 0.2) is 6.20 Å². The first-order valence-corrected chi connectivity index (χ1v) is 4.92. The molecule has 0 amide bonds. The lowest BCUT2D eigenvalue weighted by molar-refractivity contribution is 0.729. The van der Waals surface area contributed by atoms with E-state index in [9.17, 15) is 0 Å². The van der Waals surface area contributed by atoms with Crippen LogP contribution in [0.2, 0.25) is 5.02 Å². The second-order valence-electron chi connectivity index (χ2n) is 3.77. The maximum Gasteiger partial charge on any atom is 0.131 e. The van der Waals surface area contributed by atoms with Gasteiger partial charge in [0, 0.05) is 12.1 Å². The average Bonchev–Trinajstić information content (AvgIpc) is 2.04. The molecule has 0 spiro atoms. The summed E-state index contributed by atoms with van der Waals surface area (Å²) in [5, 5.41) is 0.666. The van der Waals surface area contributed by atoms with Gasteiger partial charge in [-0.1, -0.05) is 39.3 Å². The van der Waals surface area contributed by atoms with Gasteiger partial charge in [0.1, 0.15) is 5.82 Å². The topological polar surface area (TPSA) is 25.8 Å². The number of hydrogen-bond acceptors (Lipinski definition) is 2. The Kier molecular flexibility index (Phi) is 3.26. The van der Waals surface area contributed by atoms with Gasteiger partial charge in [0.05, 0.1) is 10.7 Å². The highest BCUT2D eigenvalue weighted by Crippen LogP contribution is 2.22. The van der Waals surface area contributed by atoms with Crippen LogP contribution >= 0.6 is 11.6 Å². The molecule has 0 N–H and O–H groups in total. The molecular weight excluding hydrogens is 184 g/mol. The largest absolute Gasteiger partial charge is 0.240 e. The van der Waals surface area contributed by atoms with Crippen LogP contribution < -0.4 is 0 Å². The van der Waals surface area contributed by atoms with Crippen molar-refractivity contribution in [2.75, 3.05) is 0 Å². The van der Waals surface area contributed by atoms with E-state index in [0.717, 1.165) is 11.5 Å². The third-order valence-electron chi connectivity index (χ3n) is 1.85. The van der Waals surface area contributed by atoms with E-state index in [0.29, 0.717) is 16.9 Å². The van der Waals surface area contributed by atoms with Gasteiger partial charge in [-0.25, -0.2) is 9.97 Å². The molecule has 1 heterocycles. The molecule has 13 heavy (non-hydrogen) atoms. The summed E-state index contributed by atoms with van der Waals surface area (Å²) in [6, 6.07) is 0. The highest BCUT2D eigenvalue weighted by molar-refractivity contribution is 6.31. The van der Waals surface area contributed by atoms with Crippen molar-refractivity contribution in [3.8, 4) is 0 Å². The van der Waals surface area contributed by atoms with E-state index >= 15 is 0 Å². The Morgan fingerprint density at radius 2 is 1.77 bits per heavy atom. The number of aromatic nitrogens is 2. The third-order valence-corrected chi connectivity index (χ3v) is 2.14. The Hall–Kier alpha value is -0.630. The minimum Gasteiger partial charge on any atom is -0.240 e. The number of hydrogen-bond donors (Lipinski definition) is 0. The fraction of sp³-hybridized carbons (Fsp3) is 0.600. The van der Waals surface area contributed by atoms with Crippen molar-refractivity contribution in [3.05, 3.63) is 22.7 Å². The Bertz CT molecular complexity index is 295. The van der Waals surface area contributed by atoms with Crippen molar-refractivity contribution in [2.45, 2.75) is 39.5 Å². The monoisotopic (exact) mass is 198 g/mol. The molecule has 0 radical (unpaired) electrons. The molecule has 0 bridgehead atoms. The maximum absolute atomic E-state index is 5.97.